The second-order valence-corrected chi connectivity index (χ2v) is 6.98. The lowest BCUT2D eigenvalue weighted by molar-refractivity contribution is 0.0265. The molecule has 20 heavy (non-hydrogen) atoms. The Hall–Kier alpha value is -0.530. The largest absolute Gasteiger partial charge is 0.489 e. The second-order valence-electron chi connectivity index (χ2n) is 4.69. The topological polar surface area (TPSA) is 78.6 Å². The maximum atomic E-state index is 11.3. The number of ether oxygens (including phenoxy) is 2. The van der Waals surface area contributed by atoms with E-state index >= 15 is 0 Å². The summed E-state index contributed by atoms with van der Waals surface area (Å²) >= 11 is 11.9. The summed E-state index contributed by atoms with van der Waals surface area (Å²) in [5.41, 5.74) is 0. The Kier molecular flexibility index (Phi) is 4.81. The number of hydrogen-bond donors (Lipinski definition) is 1. The molecule has 2 rings (SSSR count). The van der Waals surface area contributed by atoms with Crippen LogP contribution in [-0.2, 0) is 14.8 Å². The van der Waals surface area contributed by atoms with Crippen LogP contribution in [0, 0.1) is 0 Å². The van der Waals surface area contributed by atoms with Crippen molar-refractivity contribution in [2.75, 3.05) is 6.61 Å². The Morgan fingerprint density at radius 3 is 2.60 bits per heavy atom. The van der Waals surface area contributed by atoms with Crippen molar-refractivity contribution in [1.82, 2.24) is 0 Å². The first-order chi connectivity index (χ1) is 9.29. The smallest absolute Gasteiger partial charge is 0.239 e. The van der Waals surface area contributed by atoms with Crippen LogP contribution in [0.3, 0.4) is 0 Å². The average Bonchev–Trinajstić information content (AvgIpc) is 2.75. The first-order valence-electron chi connectivity index (χ1n) is 6.08. The molecule has 8 heteroatoms. The number of rotatable bonds is 4. The van der Waals surface area contributed by atoms with Crippen molar-refractivity contribution in [2.45, 2.75) is 36.9 Å². The van der Waals surface area contributed by atoms with Crippen LogP contribution < -0.4 is 9.88 Å². The average molecular weight is 340 g/mol. The van der Waals surface area contributed by atoms with Gasteiger partial charge in [-0.05, 0) is 31.9 Å². The molecule has 1 aliphatic heterocycles. The van der Waals surface area contributed by atoms with Gasteiger partial charge in [0.15, 0.2) is 0 Å². The van der Waals surface area contributed by atoms with Gasteiger partial charge in [0.2, 0.25) is 10.0 Å². The highest BCUT2D eigenvalue weighted by Crippen LogP contribution is 2.36. The van der Waals surface area contributed by atoms with E-state index in [1.54, 1.807) is 0 Å². The van der Waals surface area contributed by atoms with Crippen LogP contribution in [0.25, 0.3) is 0 Å². The van der Waals surface area contributed by atoms with Gasteiger partial charge in [0.25, 0.3) is 0 Å². The monoisotopic (exact) mass is 339 g/mol. The molecule has 0 spiro atoms. The molecule has 0 saturated carbocycles. The third-order valence-corrected chi connectivity index (χ3v) is 4.99. The fourth-order valence-corrected chi connectivity index (χ4v) is 3.40. The molecule has 0 bridgehead atoms. The van der Waals surface area contributed by atoms with Gasteiger partial charge in [-0.25, -0.2) is 13.6 Å². The Balaban J connectivity index is 2.12. The molecule has 112 valence electrons. The molecule has 1 heterocycles. The normalized spacial score (nSPS) is 23.0. The van der Waals surface area contributed by atoms with Gasteiger partial charge in [-0.2, -0.15) is 0 Å². The second kappa shape index (κ2) is 6.07. The highest BCUT2D eigenvalue weighted by Gasteiger charge is 2.23. The molecular weight excluding hydrogens is 325 g/mol. The van der Waals surface area contributed by atoms with E-state index in [-0.39, 0.29) is 27.1 Å². The molecule has 1 aliphatic rings. The highest BCUT2D eigenvalue weighted by atomic mass is 35.5. The van der Waals surface area contributed by atoms with Crippen molar-refractivity contribution in [3.63, 3.8) is 0 Å². The van der Waals surface area contributed by atoms with Crippen LogP contribution in [0.4, 0.5) is 0 Å². The maximum Gasteiger partial charge on any atom is 0.239 e. The van der Waals surface area contributed by atoms with Crippen molar-refractivity contribution in [2.24, 2.45) is 5.14 Å². The molecule has 1 aromatic rings. The van der Waals surface area contributed by atoms with E-state index in [0.717, 1.165) is 12.8 Å². The number of benzene rings is 1. The van der Waals surface area contributed by atoms with Gasteiger partial charge >= 0.3 is 0 Å². The summed E-state index contributed by atoms with van der Waals surface area (Å²) in [7, 11) is -3.91. The third-order valence-electron chi connectivity index (χ3n) is 3.06. The quantitative estimate of drug-likeness (QED) is 0.914. The van der Waals surface area contributed by atoms with Crippen LogP contribution in [0.2, 0.25) is 10.0 Å². The highest BCUT2D eigenvalue weighted by molar-refractivity contribution is 7.89. The Morgan fingerprint density at radius 1 is 1.35 bits per heavy atom. The van der Waals surface area contributed by atoms with Crippen molar-refractivity contribution in [1.29, 1.82) is 0 Å². The Bertz CT molecular complexity index is 606. The number of sulfonamides is 1. The minimum absolute atomic E-state index is 0.0118. The van der Waals surface area contributed by atoms with Crippen molar-refractivity contribution in [3.05, 3.63) is 22.2 Å². The molecule has 2 unspecified atom stereocenters. The standard InChI is InChI=1S/C12H15Cl2NO4S/c1-7-2-3-8(19-7)6-18-9-4-5-10(20(15,16)17)12(14)11(9)13/h4-5,7-8H,2-3,6H2,1H3,(H2,15,16,17). The van der Waals surface area contributed by atoms with E-state index in [0.29, 0.717) is 12.4 Å². The summed E-state index contributed by atoms with van der Waals surface area (Å²) < 4.78 is 33.7. The lowest BCUT2D eigenvalue weighted by Crippen LogP contribution is -2.18. The van der Waals surface area contributed by atoms with Crippen LogP contribution in [0.15, 0.2) is 17.0 Å². The summed E-state index contributed by atoms with van der Waals surface area (Å²) in [6, 6.07) is 2.71. The van der Waals surface area contributed by atoms with Gasteiger partial charge in [0.05, 0.1) is 17.2 Å². The predicted molar refractivity (Wildman–Crippen MR) is 76.9 cm³/mol. The van der Waals surface area contributed by atoms with Crippen LogP contribution in [-0.4, -0.2) is 27.2 Å². The first-order valence-corrected chi connectivity index (χ1v) is 8.38. The SMILES string of the molecule is CC1CCC(COc2ccc(S(N)(=O)=O)c(Cl)c2Cl)O1. The molecule has 1 saturated heterocycles. The first kappa shape index (κ1) is 15.9. The molecule has 2 N–H and O–H groups in total. The summed E-state index contributed by atoms with van der Waals surface area (Å²) in [6.45, 7) is 2.35. The van der Waals surface area contributed by atoms with Crippen LogP contribution in [0.1, 0.15) is 19.8 Å². The van der Waals surface area contributed by atoms with Crippen LogP contribution >= 0.6 is 23.2 Å². The number of hydrogen-bond acceptors (Lipinski definition) is 4. The van der Waals surface area contributed by atoms with Crippen molar-refractivity contribution in [3.8, 4) is 5.75 Å². The minimum Gasteiger partial charge on any atom is -0.489 e. The molecular formula is C12H15Cl2NO4S. The lowest BCUT2D eigenvalue weighted by Gasteiger charge is -2.15. The zero-order valence-electron chi connectivity index (χ0n) is 10.8. The zero-order valence-corrected chi connectivity index (χ0v) is 13.1. The molecule has 1 fully saturated rings. The van der Waals surface area contributed by atoms with E-state index in [1.807, 2.05) is 6.92 Å². The van der Waals surface area contributed by atoms with Crippen molar-refractivity contribution >= 4 is 33.2 Å². The molecule has 5 nitrogen and oxygen atoms in total. The van der Waals surface area contributed by atoms with E-state index < -0.39 is 10.0 Å². The fraction of sp³-hybridized carbons (Fsp3) is 0.500. The summed E-state index contributed by atoms with van der Waals surface area (Å²) in [5, 5.41) is 4.93. The molecule has 2 atom stereocenters. The number of primary sulfonamides is 1. The maximum absolute atomic E-state index is 11.3. The Morgan fingerprint density at radius 2 is 2.05 bits per heavy atom. The molecule has 0 aliphatic carbocycles. The molecule has 1 aromatic carbocycles. The van der Waals surface area contributed by atoms with Gasteiger partial charge in [-0.3, -0.25) is 0 Å². The van der Waals surface area contributed by atoms with E-state index in [4.69, 9.17) is 37.8 Å². The predicted octanol–water partition coefficient (Wildman–Crippen LogP) is 2.59. The number of nitrogens with two attached hydrogens (primary N) is 1. The van der Waals surface area contributed by atoms with Crippen LogP contribution in [0.5, 0.6) is 5.75 Å². The number of halogens is 2. The summed E-state index contributed by atoms with van der Waals surface area (Å²) in [4.78, 5) is -0.220. The van der Waals surface area contributed by atoms with Gasteiger partial charge in [0, 0.05) is 0 Å². The van der Waals surface area contributed by atoms with Crippen molar-refractivity contribution < 1.29 is 17.9 Å². The van der Waals surface area contributed by atoms with Gasteiger partial charge in [0.1, 0.15) is 22.3 Å². The van der Waals surface area contributed by atoms with E-state index in [2.05, 4.69) is 0 Å². The molecule has 0 aromatic heterocycles. The van der Waals surface area contributed by atoms with E-state index in [9.17, 15) is 8.42 Å². The summed E-state index contributed by atoms with van der Waals surface area (Å²) in [5.74, 6) is 0.312. The van der Waals surface area contributed by atoms with Gasteiger partial charge in [-0.1, -0.05) is 23.2 Å². The fourth-order valence-electron chi connectivity index (χ4n) is 2.04. The van der Waals surface area contributed by atoms with E-state index in [1.165, 1.54) is 12.1 Å². The molecule has 0 amide bonds. The third kappa shape index (κ3) is 3.56. The van der Waals surface area contributed by atoms with Gasteiger partial charge < -0.3 is 9.47 Å². The lowest BCUT2D eigenvalue weighted by atomic mass is 10.2. The zero-order chi connectivity index (χ0) is 14.9. The minimum atomic E-state index is -3.91. The Labute approximate surface area is 128 Å². The molecule has 0 radical (unpaired) electrons. The van der Waals surface area contributed by atoms with Gasteiger partial charge in [-0.15, -0.1) is 0 Å². The summed E-state index contributed by atoms with van der Waals surface area (Å²) in [6.07, 6.45) is 2.15.